The Morgan fingerprint density at radius 1 is 1.12 bits per heavy atom. The Labute approximate surface area is 90.9 Å². The van der Waals surface area contributed by atoms with Crippen molar-refractivity contribution in [3.8, 4) is 5.75 Å². The summed E-state index contributed by atoms with van der Waals surface area (Å²) >= 11 is 0. The number of para-hydroxylation sites is 1. The third kappa shape index (κ3) is 3.11. The highest BCUT2D eigenvalue weighted by molar-refractivity contribution is 5.37. The largest absolute Gasteiger partial charge is 0.573 e. The molecule has 0 saturated carbocycles. The molecule has 0 aliphatic rings. The van der Waals surface area contributed by atoms with Gasteiger partial charge in [-0.15, -0.1) is 13.2 Å². The molecule has 3 nitrogen and oxygen atoms in total. The van der Waals surface area contributed by atoms with Gasteiger partial charge in [-0.05, 0) is 19.9 Å². The van der Waals surface area contributed by atoms with Crippen molar-refractivity contribution in [3.63, 3.8) is 0 Å². The summed E-state index contributed by atoms with van der Waals surface area (Å²) in [5, 5.41) is 0. The third-order valence-corrected chi connectivity index (χ3v) is 2.06. The smallest absolute Gasteiger partial charge is 0.405 e. The molecule has 0 amide bonds. The molecule has 1 aromatic rings. The molecule has 0 unspecified atom stereocenters. The number of alkyl halides is 3. The first kappa shape index (κ1) is 12.8. The van der Waals surface area contributed by atoms with E-state index in [0.717, 1.165) is 0 Å². The van der Waals surface area contributed by atoms with E-state index in [1.807, 2.05) is 0 Å². The number of ether oxygens (including phenoxy) is 1. The molecular formula is C10H12F3NO2. The van der Waals surface area contributed by atoms with E-state index >= 15 is 0 Å². The lowest BCUT2D eigenvalue weighted by Gasteiger charge is -2.25. The molecule has 0 radical (unpaired) electrons. The Hall–Kier alpha value is -1.27. The van der Waals surface area contributed by atoms with Gasteiger partial charge in [0.1, 0.15) is 11.4 Å². The summed E-state index contributed by atoms with van der Waals surface area (Å²) in [5.74, 6) is 4.72. The number of hydrogen-bond donors (Lipinski definition) is 1. The lowest BCUT2D eigenvalue weighted by molar-refractivity contribution is -0.275. The molecular weight excluding hydrogens is 223 g/mol. The van der Waals surface area contributed by atoms with Crippen LogP contribution >= 0.6 is 0 Å². The van der Waals surface area contributed by atoms with Gasteiger partial charge < -0.3 is 4.74 Å². The van der Waals surface area contributed by atoms with E-state index in [9.17, 15) is 13.2 Å². The van der Waals surface area contributed by atoms with Gasteiger partial charge >= 0.3 is 6.36 Å². The average Bonchev–Trinajstić information content (AvgIpc) is 2.16. The van der Waals surface area contributed by atoms with Gasteiger partial charge in [0.25, 0.3) is 0 Å². The van der Waals surface area contributed by atoms with Crippen molar-refractivity contribution in [1.82, 2.24) is 0 Å². The van der Waals surface area contributed by atoms with Gasteiger partial charge in [0.05, 0.1) is 0 Å². The van der Waals surface area contributed by atoms with Crippen molar-refractivity contribution in [2.75, 3.05) is 0 Å². The second-order valence-corrected chi connectivity index (χ2v) is 3.67. The number of rotatable bonds is 3. The zero-order valence-corrected chi connectivity index (χ0v) is 8.84. The summed E-state index contributed by atoms with van der Waals surface area (Å²) in [6, 6.07) is 5.70. The number of hydrogen-bond acceptors (Lipinski definition) is 3. The minimum atomic E-state index is -4.74. The monoisotopic (exact) mass is 235 g/mol. The maximum absolute atomic E-state index is 12.1. The lowest BCUT2D eigenvalue weighted by Crippen LogP contribution is -2.27. The van der Waals surface area contributed by atoms with Gasteiger partial charge in [0, 0.05) is 5.56 Å². The SMILES string of the molecule is CC(C)(ON)c1ccccc1OC(F)(F)F. The van der Waals surface area contributed by atoms with Crippen LogP contribution in [0.3, 0.4) is 0 Å². The van der Waals surface area contributed by atoms with Crippen LogP contribution in [0.1, 0.15) is 19.4 Å². The second-order valence-electron chi connectivity index (χ2n) is 3.67. The fourth-order valence-corrected chi connectivity index (χ4v) is 1.24. The molecule has 0 aromatic heterocycles. The van der Waals surface area contributed by atoms with Gasteiger partial charge in [-0.1, -0.05) is 18.2 Å². The summed E-state index contributed by atoms with van der Waals surface area (Å²) < 4.78 is 40.2. The molecule has 1 rings (SSSR count). The van der Waals surface area contributed by atoms with Gasteiger partial charge in [0.2, 0.25) is 0 Å². The summed E-state index contributed by atoms with van der Waals surface area (Å²) in [6.45, 7) is 3.09. The first-order chi connectivity index (χ1) is 7.26. The van der Waals surface area contributed by atoms with Crippen molar-refractivity contribution >= 4 is 0 Å². The van der Waals surface area contributed by atoms with E-state index in [4.69, 9.17) is 5.90 Å². The molecule has 90 valence electrons. The first-order valence-electron chi connectivity index (χ1n) is 4.49. The number of benzene rings is 1. The quantitative estimate of drug-likeness (QED) is 0.819. The molecule has 6 heteroatoms. The van der Waals surface area contributed by atoms with Crippen LogP contribution in [0.15, 0.2) is 24.3 Å². The van der Waals surface area contributed by atoms with E-state index in [1.54, 1.807) is 19.9 Å². The minimum absolute atomic E-state index is 0.231. The van der Waals surface area contributed by atoms with E-state index in [2.05, 4.69) is 9.57 Å². The van der Waals surface area contributed by atoms with Crippen LogP contribution in [0.25, 0.3) is 0 Å². The Morgan fingerprint density at radius 3 is 2.19 bits per heavy atom. The van der Waals surface area contributed by atoms with Crippen LogP contribution in [0.5, 0.6) is 5.75 Å². The van der Waals surface area contributed by atoms with E-state index in [1.165, 1.54) is 18.2 Å². The predicted octanol–water partition coefficient (Wildman–Crippen LogP) is 2.71. The second kappa shape index (κ2) is 4.31. The molecule has 0 aliphatic carbocycles. The Balaban J connectivity index is 3.11. The molecule has 0 aliphatic heterocycles. The third-order valence-electron chi connectivity index (χ3n) is 2.06. The fraction of sp³-hybridized carbons (Fsp3) is 0.400. The number of halogens is 3. The van der Waals surface area contributed by atoms with E-state index < -0.39 is 12.0 Å². The lowest BCUT2D eigenvalue weighted by atomic mass is 9.97. The standard InChI is InChI=1S/C10H12F3NO2/c1-9(2,16-14)7-5-3-4-6-8(7)15-10(11,12)13/h3-6H,14H2,1-2H3. The van der Waals surface area contributed by atoms with E-state index in [-0.39, 0.29) is 11.3 Å². The summed E-state index contributed by atoms with van der Waals surface area (Å²) in [4.78, 5) is 4.63. The van der Waals surface area contributed by atoms with E-state index in [0.29, 0.717) is 0 Å². The topological polar surface area (TPSA) is 44.5 Å². The van der Waals surface area contributed by atoms with Crippen LogP contribution in [0.4, 0.5) is 13.2 Å². The Bertz CT molecular complexity index is 363. The van der Waals surface area contributed by atoms with Gasteiger partial charge in [0.15, 0.2) is 0 Å². The van der Waals surface area contributed by atoms with Crippen molar-refractivity contribution in [2.24, 2.45) is 5.90 Å². The maximum Gasteiger partial charge on any atom is 0.573 e. The molecule has 0 spiro atoms. The average molecular weight is 235 g/mol. The van der Waals surface area contributed by atoms with Crippen molar-refractivity contribution < 1.29 is 22.7 Å². The maximum atomic E-state index is 12.1. The zero-order valence-electron chi connectivity index (χ0n) is 8.84. The highest BCUT2D eigenvalue weighted by Crippen LogP contribution is 2.34. The number of nitrogens with two attached hydrogens (primary N) is 1. The Morgan fingerprint density at radius 2 is 1.69 bits per heavy atom. The van der Waals surface area contributed by atoms with Crippen LogP contribution in [-0.2, 0) is 10.4 Å². The van der Waals surface area contributed by atoms with Crippen LogP contribution in [-0.4, -0.2) is 6.36 Å². The zero-order chi connectivity index (χ0) is 12.4. The van der Waals surface area contributed by atoms with Crippen molar-refractivity contribution in [1.29, 1.82) is 0 Å². The minimum Gasteiger partial charge on any atom is -0.405 e. The summed E-state index contributed by atoms with van der Waals surface area (Å²) in [6.07, 6.45) is -4.74. The molecule has 0 atom stereocenters. The fourth-order valence-electron chi connectivity index (χ4n) is 1.24. The van der Waals surface area contributed by atoms with Crippen LogP contribution < -0.4 is 10.6 Å². The molecule has 0 heterocycles. The summed E-state index contributed by atoms with van der Waals surface area (Å²) in [5.41, 5.74) is -0.822. The van der Waals surface area contributed by atoms with Crippen LogP contribution in [0, 0.1) is 0 Å². The van der Waals surface area contributed by atoms with Gasteiger partial charge in [-0.25, -0.2) is 5.90 Å². The highest BCUT2D eigenvalue weighted by Gasteiger charge is 2.34. The highest BCUT2D eigenvalue weighted by atomic mass is 19.4. The first-order valence-corrected chi connectivity index (χ1v) is 4.49. The molecule has 16 heavy (non-hydrogen) atoms. The normalized spacial score (nSPS) is 12.6. The molecule has 2 N–H and O–H groups in total. The summed E-state index contributed by atoms with van der Waals surface area (Å²) in [7, 11) is 0. The predicted molar refractivity (Wildman–Crippen MR) is 51.4 cm³/mol. The van der Waals surface area contributed by atoms with Gasteiger partial charge in [-0.3, -0.25) is 4.84 Å². The molecule has 0 saturated heterocycles. The van der Waals surface area contributed by atoms with Crippen LogP contribution in [0.2, 0.25) is 0 Å². The molecule has 0 fully saturated rings. The van der Waals surface area contributed by atoms with Crippen molar-refractivity contribution in [2.45, 2.75) is 25.8 Å². The van der Waals surface area contributed by atoms with Crippen molar-refractivity contribution in [3.05, 3.63) is 29.8 Å². The Kier molecular flexibility index (Phi) is 3.44. The van der Waals surface area contributed by atoms with Gasteiger partial charge in [-0.2, -0.15) is 0 Å². The molecule has 1 aromatic carbocycles. The molecule has 0 bridgehead atoms.